The maximum atomic E-state index is 14.9. The number of hydrogen-bond donors (Lipinski definition) is 2. The quantitative estimate of drug-likeness (QED) is 0.127. The maximum absolute atomic E-state index is 14.9. The molecule has 0 spiro atoms. The van der Waals surface area contributed by atoms with Crippen LogP contribution in [-0.4, -0.2) is 25.8 Å². The number of rotatable bonds is 8. The topological polar surface area (TPSA) is 111 Å². The largest absolute Gasteiger partial charge is 0.476 e. The first kappa shape index (κ1) is 28.1. The lowest BCUT2D eigenvalue weighted by Gasteiger charge is -2.09. The molecule has 0 bridgehead atoms. The van der Waals surface area contributed by atoms with Crippen molar-refractivity contribution in [2.24, 2.45) is 11.1 Å². The Morgan fingerprint density at radius 1 is 1.12 bits per heavy atom. The summed E-state index contributed by atoms with van der Waals surface area (Å²) in [5.74, 6) is 4.05. The van der Waals surface area contributed by atoms with Crippen molar-refractivity contribution in [2.75, 3.05) is 0 Å². The van der Waals surface area contributed by atoms with E-state index in [1.807, 2.05) is 17.5 Å². The molecule has 1 saturated carbocycles. The van der Waals surface area contributed by atoms with E-state index < -0.39 is 28.6 Å². The Bertz CT molecular complexity index is 1900. The molecule has 0 radical (unpaired) electrons. The monoisotopic (exact) mass is 621 g/mol. The number of thiophene rings is 1. The molecule has 0 aliphatic heterocycles. The van der Waals surface area contributed by atoms with Gasteiger partial charge >= 0.3 is 5.97 Å². The highest BCUT2D eigenvalue weighted by atomic mass is 32.2. The molecule has 3 N–H and O–H groups in total. The Morgan fingerprint density at radius 3 is 2.62 bits per heavy atom. The van der Waals surface area contributed by atoms with E-state index in [1.54, 1.807) is 22.9 Å². The molecule has 0 amide bonds. The fourth-order valence-electron chi connectivity index (χ4n) is 4.62. The molecule has 7 nitrogen and oxygen atoms in total. The number of carbonyl (C=O) groups is 1. The number of benzene rings is 2. The van der Waals surface area contributed by atoms with Crippen molar-refractivity contribution >= 4 is 39.6 Å². The molecule has 1 atom stereocenters. The zero-order valence-corrected chi connectivity index (χ0v) is 24.4. The number of nitrogens with zero attached hydrogens (tertiary/aromatic N) is 3. The van der Waals surface area contributed by atoms with Gasteiger partial charge in [0.1, 0.15) is 5.82 Å². The number of nitrogens with two attached hydrogens (primary N) is 1. The van der Waals surface area contributed by atoms with Crippen LogP contribution >= 0.6 is 22.7 Å². The summed E-state index contributed by atoms with van der Waals surface area (Å²) in [6.07, 6.45) is 3.01. The van der Waals surface area contributed by atoms with Gasteiger partial charge in [-0.15, -0.1) is 27.8 Å². The van der Waals surface area contributed by atoms with Gasteiger partial charge in [0.25, 0.3) is 0 Å². The van der Waals surface area contributed by atoms with Crippen LogP contribution < -0.4 is 5.14 Å². The van der Waals surface area contributed by atoms with Gasteiger partial charge in [-0.3, -0.25) is 0 Å². The molecule has 1 aliphatic rings. The smallest absolute Gasteiger partial charge is 0.355 e. The molecule has 42 heavy (non-hydrogen) atoms. The average Bonchev–Trinajstić information content (AvgIpc) is 3.30. The molecule has 1 unspecified atom stereocenters. The summed E-state index contributed by atoms with van der Waals surface area (Å²) in [6, 6.07) is 12.7. The van der Waals surface area contributed by atoms with Crippen molar-refractivity contribution in [2.45, 2.75) is 30.6 Å². The third-order valence-electron chi connectivity index (χ3n) is 6.87. The highest BCUT2D eigenvalue weighted by Gasteiger charge is 2.29. The zero-order valence-electron chi connectivity index (χ0n) is 21.9. The van der Waals surface area contributed by atoms with Gasteiger partial charge in [-0.1, -0.05) is 28.2 Å². The molecule has 6 rings (SSSR count). The van der Waals surface area contributed by atoms with Crippen molar-refractivity contribution in [3.63, 3.8) is 0 Å². The summed E-state index contributed by atoms with van der Waals surface area (Å²) >= 11 is 2.62. The highest BCUT2D eigenvalue weighted by Crippen LogP contribution is 2.38. The number of carboxylic acid groups (broad SMARTS) is 1. The van der Waals surface area contributed by atoms with Crippen LogP contribution in [0.1, 0.15) is 50.6 Å². The predicted molar refractivity (Wildman–Crippen MR) is 159 cm³/mol. The standard InChI is InChI=1S/C30H22F2N4O3S3/c31-23-9-7-20(15-19(23)6-8-21-2-1-11-40-21)28-22(12-18-5-10-27(42(33)39)24(32)13-18)26(14-17-3-4-17)36(35-28)30-34-25(16-41-30)29(37)38/h1-2,5,7,9-11,13,15-17H,3-4,12,14H2,(H2,33,39)(H,37,38)/p+1. The summed E-state index contributed by atoms with van der Waals surface area (Å²) in [6.45, 7) is 0. The van der Waals surface area contributed by atoms with Gasteiger partial charge in [-0.25, -0.2) is 23.2 Å². The summed E-state index contributed by atoms with van der Waals surface area (Å²) < 4.78 is 43.0. The number of hydrogen-bond acceptors (Lipinski definition) is 6. The predicted octanol–water partition coefficient (Wildman–Crippen LogP) is 5.91. The number of carboxylic acids is 1. The van der Waals surface area contributed by atoms with Gasteiger partial charge in [0, 0.05) is 22.9 Å². The van der Waals surface area contributed by atoms with Crippen molar-refractivity contribution in [1.82, 2.24) is 14.8 Å². The van der Waals surface area contributed by atoms with Crippen molar-refractivity contribution < 1.29 is 22.9 Å². The number of aromatic nitrogens is 3. The third-order valence-corrected chi connectivity index (χ3v) is 9.31. The van der Waals surface area contributed by atoms with Gasteiger partial charge in [0.15, 0.2) is 22.5 Å². The van der Waals surface area contributed by atoms with E-state index in [2.05, 4.69) is 16.8 Å². The minimum atomic E-state index is -2.34. The highest BCUT2D eigenvalue weighted by molar-refractivity contribution is 7.82. The van der Waals surface area contributed by atoms with E-state index in [0.717, 1.165) is 40.3 Å². The Morgan fingerprint density at radius 2 is 1.95 bits per heavy atom. The second-order valence-corrected chi connectivity index (χ2v) is 12.8. The van der Waals surface area contributed by atoms with Gasteiger partial charge in [0.05, 0.1) is 21.8 Å². The molecular formula is C30H23F2N4O3S3+. The summed E-state index contributed by atoms with van der Waals surface area (Å²) in [4.78, 5) is 16.6. The first-order chi connectivity index (χ1) is 20.3. The number of thiol groups is 1. The van der Waals surface area contributed by atoms with E-state index in [9.17, 15) is 22.9 Å². The lowest BCUT2D eigenvalue weighted by Crippen LogP contribution is -2.07. The Kier molecular flexibility index (Phi) is 7.83. The molecule has 5 aromatic rings. The summed E-state index contributed by atoms with van der Waals surface area (Å²) in [7, 11) is -2.34. The fourth-order valence-corrected chi connectivity index (χ4v) is 6.46. The minimum absolute atomic E-state index is 0.0562. The molecule has 12 heteroatoms. The van der Waals surface area contributed by atoms with Gasteiger partial charge in [-0.05, 0) is 72.5 Å². The first-order valence-corrected chi connectivity index (χ1v) is 16.0. The van der Waals surface area contributed by atoms with E-state index in [0.29, 0.717) is 34.3 Å². The van der Waals surface area contributed by atoms with E-state index in [4.69, 9.17) is 10.2 Å². The zero-order chi connectivity index (χ0) is 29.4. The maximum Gasteiger partial charge on any atom is 0.355 e. The summed E-state index contributed by atoms with van der Waals surface area (Å²) in [5, 5.41) is 23.5. The second kappa shape index (κ2) is 11.7. The lowest BCUT2D eigenvalue weighted by atomic mass is 9.96. The Balaban J connectivity index is 1.51. The summed E-state index contributed by atoms with van der Waals surface area (Å²) in [5.41, 5.74) is 3.46. The van der Waals surface area contributed by atoms with E-state index in [1.165, 1.54) is 34.9 Å². The molecule has 3 aromatic heterocycles. The van der Waals surface area contributed by atoms with Crippen LogP contribution in [0.3, 0.4) is 0 Å². The normalized spacial score (nSPS) is 13.5. The molecule has 1 fully saturated rings. The molecule has 1 aliphatic carbocycles. The Labute approximate surface area is 250 Å². The van der Waals surface area contributed by atoms with Crippen LogP contribution in [0.4, 0.5) is 8.78 Å². The lowest BCUT2D eigenvalue weighted by molar-refractivity contribution is 0.0691. The van der Waals surface area contributed by atoms with Gasteiger partial charge < -0.3 is 5.11 Å². The average molecular weight is 622 g/mol. The van der Waals surface area contributed by atoms with E-state index >= 15 is 0 Å². The van der Waals surface area contributed by atoms with Crippen LogP contribution in [0, 0.1) is 29.4 Å². The molecule has 2 aromatic carbocycles. The molecular weight excluding hydrogens is 599 g/mol. The first-order valence-electron chi connectivity index (χ1n) is 12.9. The van der Waals surface area contributed by atoms with Crippen molar-refractivity contribution in [3.05, 3.63) is 104 Å². The van der Waals surface area contributed by atoms with Crippen LogP contribution in [0.2, 0.25) is 0 Å². The van der Waals surface area contributed by atoms with Crippen LogP contribution in [0.5, 0.6) is 0 Å². The Hall–Kier alpha value is -4.02. The molecule has 3 heterocycles. The number of aromatic carboxylic acids is 1. The van der Waals surface area contributed by atoms with Crippen LogP contribution in [-0.2, 0) is 28.0 Å². The van der Waals surface area contributed by atoms with E-state index in [-0.39, 0.29) is 22.6 Å². The van der Waals surface area contributed by atoms with Crippen LogP contribution in [0.15, 0.2) is 64.2 Å². The third kappa shape index (κ3) is 5.96. The number of thiazole rings is 1. The van der Waals surface area contributed by atoms with Gasteiger partial charge in [-0.2, -0.15) is 5.10 Å². The molecule has 0 saturated heterocycles. The SMILES string of the molecule is N[SH+](=O)c1ccc(Cc2c(-c3ccc(F)c(C#Cc4cccs4)c3)nn(-c3nc(C(=O)O)cs3)c2CC2CC2)cc1F. The van der Waals surface area contributed by atoms with Gasteiger partial charge in [0.2, 0.25) is 10.0 Å². The van der Waals surface area contributed by atoms with Crippen molar-refractivity contribution in [3.8, 4) is 28.2 Å². The fraction of sp³-hybridized carbons (Fsp3) is 0.167. The number of halogens is 2. The second-order valence-electron chi connectivity index (χ2n) is 9.86. The van der Waals surface area contributed by atoms with Crippen molar-refractivity contribution in [1.29, 1.82) is 0 Å². The molecule has 212 valence electrons. The van der Waals surface area contributed by atoms with Crippen LogP contribution in [0.25, 0.3) is 16.4 Å². The minimum Gasteiger partial charge on any atom is -0.476 e.